The first kappa shape index (κ1) is 10.1. The molecule has 1 aromatic heterocycles. The summed E-state index contributed by atoms with van der Waals surface area (Å²) in [7, 11) is 0. The Bertz CT molecular complexity index is 264. The molecule has 2 rings (SSSR count). The summed E-state index contributed by atoms with van der Waals surface area (Å²) in [6.07, 6.45) is 5.78. The number of rotatable bonds is 3. The van der Waals surface area contributed by atoms with E-state index in [1.54, 1.807) is 0 Å². The van der Waals surface area contributed by atoms with Crippen LogP contribution in [0.5, 0.6) is 0 Å². The topological polar surface area (TPSA) is 0 Å². The van der Waals surface area contributed by atoms with E-state index in [0.717, 1.165) is 5.25 Å². The Morgan fingerprint density at radius 3 is 2.85 bits per heavy atom. The second-order valence-electron chi connectivity index (χ2n) is 3.45. The van der Waals surface area contributed by atoms with Gasteiger partial charge in [-0.05, 0) is 34.8 Å². The Morgan fingerprint density at radius 2 is 2.23 bits per heavy atom. The van der Waals surface area contributed by atoms with Crippen LogP contribution in [0.25, 0.3) is 0 Å². The lowest BCUT2D eigenvalue weighted by Crippen LogP contribution is -1.93. The van der Waals surface area contributed by atoms with E-state index in [-0.39, 0.29) is 0 Å². The number of halogens is 1. The van der Waals surface area contributed by atoms with E-state index in [9.17, 15) is 0 Å². The molecule has 3 heteroatoms. The van der Waals surface area contributed by atoms with Crippen LogP contribution in [0.3, 0.4) is 0 Å². The van der Waals surface area contributed by atoms with Gasteiger partial charge >= 0.3 is 0 Å². The van der Waals surface area contributed by atoms with Gasteiger partial charge in [0.25, 0.3) is 0 Å². The zero-order valence-electron chi connectivity index (χ0n) is 7.46. The summed E-state index contributed by atoms with van der Waals surface area (Å²) < 4.78 is 1.24. The summed E-state index contributed by atoms with van der Waals surface area (Å²) in [6.45, 7) is 0. The van der Waals surface area contributed by atoms with E-state index in [2.05, 4.69) is 39.1 Å². The minimum Gasteiger partial charge on any atom is -0.153 e. The van der Waals surface area contributed by atoms with Crippen molar-refractivity contribution in [3.8, 4) is 0 Å². The third-order valence-electron chi connectivity index (χ3n) is 2.39. The van der Waals surface area contributed by atoms with Gasteiger partial charge in [-0.1, -0.05) is 12.8 Å². The maximum Gasteiger partial charge on any atom is 0.0285 e. The first-order valence-corrected chi connectivity index (χ1v) is 7.41. The molecule has 72 valence electrons. The van der Waals surface area contributed by atoms with E-state index in [4.69, 9.17) is 0 Å². The van der Waals surface area contributed by atoms with Crippen molar-refractivity contribution in [2.45, 2.75) is 36.7 Å². The van der Waals surface area contributed by atoms with Crippen molar-refractivity contribution in [3.63, 3.8) is 0 Å². The second kappa shape index (κ2) is 4.85. The van der Waals surface area contributed by atoms with Gasteiger partial charge in [-0.3, -0.25) is 0 Å². The average Bonchev–Trinajstić information content (AvgIpc) is 2.71. The first-order valence-electron chi connectivity index (χ1n) is 4.69. The molecule has 0 atom stereocenters. The Balaban J connectivity index is 1.78. The predicted molar refractivity (Wildman–Crippen MR) is 65.6 cm³/mol. The molecule has 0 saturated heterocycles. The molecule has 1 aliphatic carbocycles. The fraction of sp³-hybridized carbons (Fsp3) is 0.600. The van der Waals surface area contributed by atoms with Gasteiger partial charge in [-0.15, -0.1) is 11.3 Å². The molecule has 13 heavy (non-hydrogen) atoms. The van der Waals surface area contributed by atoms with Gasteiger partial charge < -0.3 is 0 Å². The van der Waals surface area contributed by atoms with Crippen LogP contribution in [0.4, 0.5) is 0 Å². The maximum absolute atomic E-state index is 3.49. The normalized spacial score (nSPS) is 18.2. The monoisotopic (exact) mass is 276 g/mol. The van der Waals surface area contributed by atoms with E-state index in [1.807, 2.05) is 11.3 Å². The van der Waals surface area contributed by atoms with Gasteiger partial charge in [-0.25, -0.2) is 0 Å². The summed E-state index contributed by atoms with van der Waals surface area (Å²) in [6, 6.07) is 2.24. The number of thiophene rings is 1. The third-order valence-corrected chi connectivity index (χ3v) is 5.69. The fourth-order valence-electron chi connectivity index (χ4n) is 1.68. The van der Waals surface area contributed by atoms with Gasteiger partial charge in [0.1, 0.15) is 0 Å². The van der Waals surface area contributed by atoms with E-state index < -0.39 is 0 Å². The highest BCUT2D eigenvalue weighted by Gasteiger charge is 2.15. The van der Waals surface area contributed by atoms with Crippen molar-refractivity contribution < 1.29 is 0 Å². The molecule has 0 unspecified atom stereocenters. The lowest BCUT2D eigenvalue weighted by Gasteiger charge is -2.06. The zero-order valence-corrected chi connectivity index (χ0v) is 10.7. The summed E-state index contributed by atoms with van der Waals surface area (Å²) >= 11 is 7.49. The van der Waals surface area contributed by atoms with Crippen LogP contribution in [0.15, 0.2) is 15.9 Å². The molecule has 0 spiro atoms. The van der Waals surface area contributed by atoms with E-state index in [0.29, 0.717) is 0 Å². The van der Waals surface area contributed by atoms with Crippen LogP contribution in [-0.4, -0.2) is 5.25 Å². The lowest BCUT2D eigenvalue weighted by atomic mass is 10.4. The van der Waals surface area contributed by atoms with Crippen LogP contribution in [0.1, 0.15) is 30.6 Å². The lowest BCUT2D eigenvalue weighted by molar-refractivity contribution is 0.886. The van der Waals surface area contributed by atoms with Gasteiger partial charge in [0.2, 0.25) is 0 Å². The SMILES string of the molecule is Brc1csc(CSC2CCCC2)c1. The van der Waals surface area contributed by atoms with Crippen LogP contribution in [0, 0.1) is 0 Å². The molecular weight excluding hydrogens is 264 g/mol. The van der Waals surface area contributed by atoms with Crippen LogP contribution >= 0.6 is 39.0 Å². The molecule has 1 saturated carbocycles. The first-order chi connectivity index (χ1) is 6.34. The number of hydrogen-bond acceptors (Lipinski definition) is 2. The summed E-state index contributed by atoms with van der Waals surface area (Å²) in [5.74, 6) is 1.21. The van der Waals surface area contributed by atoms with Crippen LogP contribution in [-0.2, 0) is 5.75 Å². The van der Waals surface area contributed by atoms with Crippen LogP contribution in [0.2, 0.25) is 0 Å². The van der Waals surface area contributed by atoms with Crippen molar-refractivity contribution in [2.75, 3.05) is 0 Å². The van der Waals surface area contributed by atoms with Crippen molar-refractivity contribution in [1.82, 2.24) is 0 Å². The van der Waals surface area contributed by atoms with Gasteiger partial charge in [0, 0.05) is 25.7 Å². The van der Waals surface area contributed by atoms with Crippen molar-refractivity contribution in [3.05, 3.63) is 20.8 Å². The third kappa shape index (κ3) is 3.00. The Hall–Kier alpha value is 0.530. The van der Waals surface area contributed by atoms with E-state index >= 15 is 0 Å². The number of hydrogen-bond donors (Lipinski definition) is 0. The smallest absolute Gasteiger partial charge is 0.0285 e. The number of thioether (sulfide) groups is 1. The average molecular weight is 277 g/mol. The van der Waals surface area contributed by atoms with Crippen molar-refractivity contribution in [1.29, 1.82) is 0 Å². The summed E-state index contributed by atoms with van der Waals surface area (Å²) in [4.78, 5) is 1.50. The standard InChI is InChI=1S/C10H13BrS2/c11-8-5-10(12-6-8)7-13-9-3-1-2-4-9/h5-6,9H,1-4,7H2. The molecule has 0 aliphatic heterocycles. The molecule has 0 bridgehead atoms. The quantitative estimate of drug-likeness (QED) is 0.772. The fourth-order valence-corrected chi connectivity index (χ4v) is 4.55. The highest BCUT2D eigenvalue weighted by atomic mass is 79.9. The van der Waals surface area contributed by atoms with Gasteiger partial charge in [0.15, 0.2) is 0 Å². The summed E-state index contributed by atoms with van der Waals surface area (Å²) in [5, 5.41) is 3.12. The molecule has 1 aliphatic rings. The van der Waals surface area contributed by atoms with Gasteiger partial charge in [-0.2, -0.15) is 11.8 Å². The summed E-state index contributed by atoms with van der Waals surface area (Å²) in [5.41, 5.74) is 0. The Labute approximate surface area is 96.2 Å². The molecular formula is C10H13BrS2. The molecule has 1 aromatic rings. The predicted octanol–water partition coefficient (Wildman–Crippen LogP) is 4.69. The molecule has 0 nitrogen and oxygen atoms in total. The molecule has 0 amide bonds. The highest BCUT2D eigenvalue weighted by Crippen LogP contribution is 2.33. The highest BCUT2D eigenvalue weighted by molar-refractivity contribution is 9.10. The van der Waals surface area contributed by atoms with E-state index in [1.165, 1.54) is 40.8 Å². The van der Waals surface area contributed by atoms with Crippen molar-refractivity contribution in [2.24, 2.45) is 0 Å². The minimum absolute atomic E-state index is 0.945. The minimum atomic E-state index is 0.945. The molecule has 0 aromatic carbocycles. The second-order valence-corrected chi connectivity index (χ2v) is 6.65. The van der Waals surface area contributed by atoms with Crippen LogP contribution < -0.4 is 0 Å². The molecule has 0 N–H and O–H groups in total. The molecule has 1 fully saturated rings. The van der Waals surface area contributed by atoms with Crippen molar-refractivity contribution >= 4 is 39.0 Å². The zero-order chi connectivity index (χ0) is 9.10. The largest absolute Gasteiger partial charge is 0.153 e. The molecule has 1 heterocycles. The maximum atomic E-state index is 3.49. The molecule has 0 radical (unpaired) electrons. The Morgan fingerprint density at radius 1 is 1.46 bits per heavy atom. The Kier molecular flexibility index (Phi) is 3.75. The van der Waals surface area contributed by atoms with Gasteiger partial charge in [0.05, 0.1) is 0 Å².